The van der Waals surface area contributed by atoms with Gasteiger partial charge in [0.2, 0.25) is 0 Å². The summed E-state index contributed by atoms with van der Waals surface area (Å²) in [6.45, 7) is 19.2. The molecule has 0 aliphatic carbocycles. The number of hydrogen-bond donors (Lipinski definition) is 4. The molecule has 0 radical (unpaired) electrons. The van der Waals surface area contributed by atoms with E-state index in [2.05, 4.69) is 180 Å². The maximum atomic E-state index is 13.4. The van der Waals surface area contributed by atoms with Crippen LogP contribution in [-0.4, -0.2) is 66.5 Å². The molecule has 16 heteroatoms. The normalized spacial score (nSPS) is 12.7. The Morgan fingerprint density at radius 2 is 1.10 bits per heavy atom. The first-order valence-corrected chi connectivity index (χ1v) is 40.6. The minimum atomic E-state index is -3.90. The molecule has 0 aliphatic heterocycles. The zero-order valence-corrected chi connectivity index (χ0v) is 61.4. The number of hydrogen-bond acceptors (Lipinski definition) is 8. The van der Waals surface area contributed by atoms with Crippen LogP contribution < -0.4 is 32.1 Å². The maximum absolute atomic E-state index is 13.4. The molecule has 10 aromatic rings. The summed E-state index contributed by atoms with van der Waals surface area (Å²) in [5.41, 5.74) is 23.0. The van der Waals surface area contributed by atoms with Crippen LogP contribution in [-0.2, 0) is 68.1 Å². The van der Waals surface area contributed by atoms with Crippen molar-refractivity contribution in [2.75, 3.05) is 46.9 Å². The molecule has 478 valence electrons. The summed E-state index contributed by atoms with van der Waals surface area (Å²) >= 11 is 3.64. The molecule has 1 unspecified atom stereocenters. The predicted molar refractivity (Wildman–Crippen MR) is 386 cm³/mol. The van der Waals surface area contributed by atoms with Crippen molar-refractivity contribution >= 4 is 77.4 Å². The molecule has 6 N–H and O–H groups in total. The number of ether oxygens (including phenoxy) is 2. The molecule has 0 bridgehead atoms. The average molecular weight is 1490 g/mol. The second kappa shape index (κ2) is 38.3. The summed E-state index contributed by atoms with van der Waals surface area (Å²) in [4.78, 5) is 0.187. The number of sulfonamides is 1. The van der Waals surface area contributed by atoms with Gasteiger partial charge in [0.25, 0.3) is 0 Å². The molecule has 9 nitrogen and oxygen atoms in total. The predicted octanol–water partition coefficient (Wildman–Crippen LogP) is 16.5. The van der Waals surface area contributed by atoms with Gasteiger partial charge in [0.1, 0.15) is 15.8 Å². The van der Waals surface area contributed by atoms with Crippen LogP contribution in [0.1, 0.15) is 70.4 Å². The summed E-state index contributed by atoms with van der Waals surface area (Å²) in [7, 11) is 5.71. The number of aliphatic hydroxyl groups is 1. The van der Waals surface area contributed by atoms with Gasteiger partial charge < -0.3 is 43.5 Å². The third-order valence-corrected chi connectivity index (χ3v) is 20.0. The van der Waals surface area contributed by atoms with E-state index >= 15 is 0 Å². The molecule has 0 amide bonds. The van der Waals surface area contributed by atoms with Crippen molar-refractivity contribution in [1.29, 1.82) is 0 Å². The van der Waals surface area contributed by atoms with Gasteiger partial charge >= 0.3 is 54.0 Å². The molecular formula is C75H87Cl2N4O5P2Ru2S+5. The Morgan fingerprint density at radius 1 is 0.626 bits per heavy atom. The number of aliphatic hydroxyl groups excluding tert-OH is 1. The van der Waals surface area contributed by atoms with Crippen molar-refractivity contribution < 1.29 is 57.6 Å². The fourth-order valence-electron chi connectivity index (χ4n) is 10.8. The third-order valence-electron chi connectivity index (χ3n) is 15.7. The van der Waals surface area contributed by atoms with Gasteiger partial charge in [-0.2, -0.15) is 24.3 Å². The van der Waals surface area contributed by atoms with Gasteiger partial charge in [0.05, 0.1) is 63.1 Å². The van der Waals surface area contributed by atoms with E-state index in [4.69, 9.17) is 20.9 Å². The van der Waals surface area contributed by atoms with Crippen LogP contribution in [0.15, 0.2) is 229 Å². The van der Waals surface area contributed by atoms with Crippen LogP contribution in [0, 0.1) is 33.3 Å². The number of nitrogens with one attached hydrogen (secondary N) is 1. The Balaban J connectivity index is 0.000000247. The van der Waals surface area contributed by atoms with Crippen molar-refractivity contribution in [2.45, 2.75) is 69.5 Å². The van der Waals surface area contributed by atoms with E-state index in [-0.39, 0.29) is 36.9 Å². The fourth-order valence-corrected chi connectivity index (χ4v) is 14.3. The van der Waals surface area contributed by atoms with Gasteiger partial charge in [-0.3, -0.25) is 0 Å². The molecule has 0 saturated carbocycles. The van der Waals surface area contributed by atoms with Crippen LogP contribution >= 0.6 is 35.2 Å². The van der Waals surface area contributed by atoms with Crippen LogP contribution in [0.5, 0.6) is 5.75 Å². The monoisotopic (exact) mass is 1490 g/mol. The summed E-state index contributed by atoms with van der Waals surface area (Å²) in [6.07, 6.45) is 0. The Labute approximate surface area is 573 Å². The Morgan fingerprint density at radius 3 is 1.56 bits per heavy atom. The van der Waals surface area contributed by atoms with Gasteiger partial charge in [-0.15, -0.1) is 11.1 Å². The number of nitrogens with two attached hydrogens (primary N) is 2. The molecule has 0 heterocycles. The first kappa shape index (κ1) is 76.6. The molecule has 0 fully saturated rings. The quantitative estimate of drug-likeness (QED) is 0.0240. The third kappa shape index (κ3) is 20.7. The Bertz CT molecular complexity index is 3740. The number of aryl methyl sites for hydroxylation is 2. The van der Waals surface area contributed by atoms with Crippen LogP contribution in [0.3, 0.4) is 0 Å². The number of halogens is 2. The van der Waals surface area contributed by atoms with Crippen LogP contribution in [0.25, 0.3) is 37.4 Å². The van der Waals surface area contributed by atoms with Gasteiger partial charge in [-0.05, 0) is 94.4 Å². The number of methoxy groups -OCH3 is 1. The van der Waals surface area contributed by atoms with E-state index in [9.17, 15) is 13.5 Å². The SMILES string of the molecule is COc1ccc(C(N)(c2[c-]cc(CO)cc2)[C@H](N)C(C)C)cc1.C[PH+](C)c1ccc2ccccc2c1-c1c([PH+](C)C)ccc2ccccc12.Cc1ccc(COCCN[C@H](c2ccccc2)[C@H]([N-]S(=O)(=O)c2ccc(C)cc2)c2ccccc2)cc1.[CH3-].[Cl][Ru+3].[Cl][Ru+3]. The van der Waals surface area contributed by atoms with E-state index in [1.807, 2.05) is 139 Å². The molecule has 10 rings (SSSR count). The standard InChI is InChI=1S/C31H33N2O3S.C24H24P2.C19H25N2O2.CH3.2ClH.2Ru/c1-24-13-17-26(18-14-24)23-36-22-21-32-30(27-9-5-3-6-10-27)31(28-11-7-4-8-12-28)33-37(34,35)29-19-15-25(2)16-20-29;1-25(2)21-15-13-17-9-5-7-11-19(17)23(21)24-20-12-8-6-10-18(20)14-16-22(24)26(3)4;1-13(2)18(20)19(21,15-6-4-14(12-22)5-7-15)16-8-10-17(23-3)11-9-16;;;;;/h3-20,30-32H,21-23H2,1-2H3;5-16H,1-4H3;4-6,8-11,13,18,22H,12,20-21H2,1-3H3;1H3;2*1H;;/q-1;;2*-1;;;2*+4/t30-,31-;;18-,19?;;;;;/m1.1...../s1. The summed E-state index contributed by atoms with van der Waals surface area (Å²) in [5.74, 6) is 0.960. The number of fused-ring (bicyclic) bond motifs is 2. The topological polar surface area (TPSA) is 151 Å². The van der Waals surface area contributed by atoms with E-state index in [0.717, 1.165) is 44.7 Å². The second-order valence-corrected chi connectivity index (χ2v) is 29.4. The molecule has 10 aromatic carbocycles. The molecule has 91 heavy (non-hydrogen) atoms. The van der Waals surface area contributed by atoms with Gasteiger partial charge in [0.15, 0.2) is 0 Å². The zero-order valence-electron chi connectivity index (χ0n) is 53.6. The molecule has 0 aliphatic rings. The van der Waals surface area contributed by atoms with Crippen LogP contribution in [0.4, 0.5) is 0 Å². The first-order chi connectivity index (χ1) is 43.4. The van der Waals surface area contributed by atoms with Gasteiger partial charge in [-0.1, -0.05) is 206 Å². The minimum absolute atomic E-state index is 0. The average Bonchev–Trinajstić information content (AvgIpc) is 0.837. The molecular weight excluding hydrogens is 1400 g/mol. The Kier molecular flexibility index (Phi) is 32.3. The van der Waals surface area contributed by atoms with Gasteiger partial charge in [0, 0.05) is 57.1 Å². The molecule has 0 spiro atoms. The summed E-state index contributed by atoms with van der Waals surface area (Å²) in [5, 5.41) is 21.3. The van der Waals surface area contributed by atoms with Crippen molar-refractivity contribution in [1.82, 2.24) is 5.32 Å². The summed E-state index contributed by atoms with van der Waals surface area (Å²) in [6, 6.07) is 76.7. The Hall–Kier alpha value is -5.08. The molecule has 4 atom stereocenters. The van der Waals surface area contributed by atoms with E-state index < -0.39 is 37.4 Å². The van der Waals surface area contributed by atoms with E-state index in [0.29, 0.717) is 19.8 Å². The van der Waals surface area contributed by atoms with Crippen molar-refractivity contribution in [3.05, 3.63) is 287 Å². The molecule has 0 aromatic heterocycles. The van der Waals surface area contributed by atoms with Crippen molar-refractivity contribution in [3.63, 3.8) is 0 Å². The second-order valence-electron chi connectivity index (χ2n) is 22.7. The van der Waals surface area contributed by atoms with Crippen molar-refractivity contribution in [3.8, 4) is 16.9 Å². The van der Waals surface area contributed by atoms with Gasteiger partial charge in [-0.25, -0.2) is 8.42 Å². The fraction of sp³-hybridized carbons (Fsp3) is 0.240. The molecule has 0 saturated heterocycles. The number of rotatable bonds is 21. The van der Waals surface area contributed by atoms with E-state index in [1.165, 1.54) is 38.2 Å². The van der Waals surface area contributed by atoms with E-state index in [1.54, 1.807) is 48.1 Å². The number of benzene rings is 10. The summed E-state index contributed by atoms with van der Waals surface area (Å²) < 4.78 is 42.4. The first-order valence-electron chi connectivity index (χ1n) is 29.7. The van der Waals surface area contributed by atoms with Crippen molar-refractivity contribution in [2.24, 2.45) is 17.4 Å². The number of nitrogens with zero attached hydrogens (tertiary/aromatic N) is 1. The van der Waals surface area contributed by atoms with Crippen LogP contribution in [0.2, 0.25) is 0 Å². The zero-order chi connectivity index (χ0) is 65.4.